The number of sulfone groups is 1. The van der Waals surface area contributed by atoms with Crippen molar-refractivity contribution in [1.82, 2.24) is 0 Å². The monoisotopic (exact) mass is 285 g/mol. The van der Waals surface area contributed by atoms with Gasteiger partial charge in [-0.15, -0.1) is 0 Å². The van der Waals surface area contributed by atoms with Gasteiger partial charge < -0.3 is 10.8 Å². The fourth-order valence-corrected chi connectivity index (χ4v) is 2.27. The molecule has 1 unspecified atom stereocenters. The third-order valence-electron chi connectivity index (χ3n) is 3.47. The molecule has 0 radical (unpaired) electrons. The summed E-state index contributed by atoms with van der Waals surface area (Å²) in [4.78, 5) is 11.0. The van der Waals surface area contributed by atoms with Gasteiger partial charge in [-0.05, 0) is 25.0 Å². The van der Waals surface area contributed by atoms with Crippen LogP contribution >= 0.6 is 0 Å². The lowest BCUT2D eigenvalue weighted by molar-refractivity contribution is -0.138. The molecular weight excluding hydrogens is 266 g/mol. The molecule has 0 amide bonds. The van der Waals surface area contributed by atoms with Crippen molar-refractivity contribution >= 4 is 15.8 Å². The summed E-state index contributed by atoms with van der Waals surface area (Å²) in [6, 6.07) is 6.52. The second-order valence-electron chi connectivity index (χ2n) is 5.03. The van der Waals surface area contributed by atoms with Crippen molar-refractivity contribution in [3.8, 4) is 0 Å². The Morgan fingerprint density at radius 3 is 2.11 bits per heavy atom. The van der Waals surface area contributed by atoms with Gasteiger partial charge in [-0.3, -0.25) is 4.79 Å². The number of carbonyl (C=O) groups is 1. The molecule has 0 aliphatic carbocycles. The number of hydrogen-bond acceptors (Lipinski definition) is 4. The van der Waals surface area contributed by atoms with Gasteiger partial charge in [0, 0.05) is 12.8 Å². The third kappa shape index (κ3) is 3.13. The van der Waals surface area contributed by atoms with E-state index in [1.807, 2.05) is 0 Å². The fourth-order valence-electron chi connectivity index (χ4n) is 1.71. The highest BCUT2D eigenvalue weighted by Crippen LogP contribution is 2.29. The lowest BCUT2D eigenvalue weighted by atomic mass is 9.95. The predicted octanol–water partition coefficient (Wildman–Crippen LogP) is 1.09. The van der Waals surface area contributed by atoms with Crippen LogP contribution in [-0.2, 0) is 19.4 Å². The molecule has 1 aromatic carbocycles. The van der Waals surface area contributed by atoms with Crippen LogP contribution < -0.4 is 5.73 Å². The Balaban J connectivity index is 3.17. The van der Waals surface area contributed by atoms with E-state index in [9.17, 15) is 13.2 Å². The largest absolute Gasteiger partial charge is 0.481 e. The highest BCUT2D eigenvalue weighted by atomic mass is 32.2. The molecular formula is C13H19NO4S. The Morgan fingerprint density at radius 2 is 1.79 bits per heavy atom. The molecule has 0 heterocycles. The lowest BCUT2D eigenvalue weighted by Crippen LogP contribution is -2.28. The summed E-state index contributed by atoms with van der Waals surface area (Å²) >= 11 is 0. The molecule has 3 N–H and O–H groups in total. The average Bonchev–Trinajstić information content (AvgIpc) is 2.28. The Kier molecular flexibility index (Phi) is 4.37. The van der Waals surface area contributed by atoms with Gasteiger partial charge in [-0.2, -0.15) is 0 Å². The summed E-state index contributed by atoms with van der Waals surface area (Å²) in [5.74, 6) is -1.76. The van der Waals surface area contributed by atoms with Crippen LogP contribution in [0.25, 0.3) is 0 Å². The second kappa shape index (κ2) is 5.30. The molecule has 0 aromatic heterocycles. The topological polar surface area (TPSA) is 97.5 Å². The van der Waals surface area contributed by atoms with Crippen LogP contribution in [0.1, 0.15) is 30.9 Å². The lowest BCUT2D eigenvalue weighted by Gasteiger charge is -2.23. The minimum atomic E-state index is -3.25. The molecule has 0 spiro atoms. The molecule has 1 rings (SSSR count). The van der Waals surface area contributed by atoms with Crippen molar-refractivity contribution < 1.29 is 18.3 Å². The van der Waals surface area contributed by atoms with Crippen LogP contribution in [0.5, 0.6) is 0 Å². The van der Waals surface area contributed by atoms with Crippen LogP contribution in [0.2, 0.25) is 0 Å². The summed E-state index contributed by atoms with van der Waals surface area (Å²) in [6.07, 6.45) is 1.18. The van der Waals surface area contributed by atoms with E-state index >= 15 is 0 Å². The van der Waals surface area contributed by atoms with Crippen LogP contribution in [0, 0.1) is 0 Å². The van der Waals surface area contributed by atoms with Gasteiger partial charge in [0.1, 0.15) is 0 Å². The normalized spacial score (nSPS) is 14.1. The third-order valence-corrected chi connectivity index (χ3v) is 5.56. The molecule has 0 saturated carbocycles. The zero-order chi connectivity index (χ0) is 14.8. The van der Waals surface area contributed by atoms with Gasteiger partial charge in [0.05, 0.1) is 10.7 Å². The van der Waals surface area contributed by atoms with Gasteiger partial charge in [-0.1, -0.05) is 24.3 Å². The van der Waals surface area contributed by atoms with Crippen molar-refractivity contribution in [2.24, 2.45) is 5.73 Å². The minimum absolute atomic E-state index is 0.00412. The Hall–Kier alpha value is -1.40. The first-order chi connectivity index (χ1) is 8.61. The first kappa shape index (κ1) is 15.7. The van der Waals surface area contributed by atoms with Crippen molar-refractivity contribution in [3.05, 3.63) is 35.4 Å². The highest BCUT2D eigenvalue weighted by Gasteiger charge is 2.32. The maximum Gasteiger partial charge on any atom is 0.312 e. The standard InChI is InChI=1S/C13H19NO4S/c1-13(2,19(3,17)18)10-6-4-9(5-7-10)11(8-14)12(15)16/h4-7,11H,8,14H2,1-3H3,(H,15,16). The van der Waals surface area contributed by atoms with E-state index in [0.29, 0.717) is 11.1 Å². The Morgan fingerprint density at radius 1 is 1.32 bits per heavy atom. The molecule has 1 atom stereocenters. The minimum Gasteiger partial charge on any atom is -0.481 e. The summed E-state index contributed by atoms with van der Waals surface area (Å²) in [6.45, 7) is 3.24. The van der Waals surface area contributed by atoms with Gasteiger partial charge >= 0.3 is 5.97 Å². The van der Waals surface area contributed by atoms with E-state index in [1.54, 1.807) is 38.1 Å². The molecule has 0 aliphatic rings. The first-order valence-electron chi connectivity index (χ1n) is 5.84. The van der Waals surface area contributed by atoms with E-state index in [2.05, 4.69) is 0 Å². The second-order valence-corrected chi connectivity index (χ2v) is 7.60. The van der Waals surface area contributed by atoms with E-state index in [0.717, 1.165) is 0 Å². The number of carboxylic acids is 1. The van der Waals surface area contributed by atoms with E-state index in [-0.39, 0.29) is 6.54 Å². The number of rotatable bonds is 5. The maximum atomic E-state index is 11.7. The zero-order valence-electron chi connectivity index (χ0n) is 11.3. The SMILES string of the molecule is CC(C)(c1ccc(C(CN)C(=O)O)cc1)S(C)(=O)=O. The molecule has 106 valence electrons. The molecule has 5 nitrogen and oxygen atoms in total. The summed E-state index contributed by atoms with van der Waals surface area (Å²) < 4.78 is 22.4. The van der Waals surface area contributed by atoms with E-state index < -0.39 is 26.5 Å². The summed E-state index contributed by atoms with van der Waals surface area (Å²) in [7, 11) is -3.25. The average molecular weight is 285 g/mol. The number of benzene rings is 1. The first-order valence-corrected chi connectivity index (χ1v) is 7.73. The summed E-state index contributed by atoms with van der Waals surface area (Å²) in [5.41, 5.74) is 6.62. The molecule has 0 fully saturated rings. The molecule has 19 heavy (non-hydrogen) atoms. The predicted molar refractivity (Wildman–Crippen MR) is 73.7 cm³/mol. The zero-order valence-corrected chi connectivity index (χ0v) is 12.1. The van der Waals surface area contributed by atoms with Crippen LogP contribution in [0.4, 0.5) is 0 Å². The van der Waals surface area contributed by atoms with Crippen molar-refractivity contribution in [2.45, 2.75) is 24.5 Å². The fraction of sp³-hybridized carbons (Fsp3) is 0.462. The number of carboxylic acid groups (broad SMARTS) is 1. The highest BCUT2D eigenvalue weighted by molar-refractivity contribution is 7.91. The molecule has 0 saturated heterocycles. The van der Waals surface area contributed by atoms with E-state index in [4.69, 9.17) is 10.8 Å². The van der Waals surface area contributed by atoms with Crippen molar-refractivity contribution in [2.75, 3.05) is 12.8 Å². The molecule has 0 aliphatic heterocycles. The number of nitrogens with two attached hydrogens (primary N) is 1. The van der Waals surface area contributed by atoms with Crippen LogP contribution in [-0.4, -0.2) is 32.3 Å². The number of aliphatic carboxylic acids is 1. The Labute approximate surface area is 113 Å². The van der Waals surface area contributed by atoms with Gasteiger partial charge in [0.25, 0.3) is 0 Å². The molecule has 1 aromatic rings. The smallest absolute Gasteiger partial charge is 0.312 e. The van der Waals surface area contributed by atoms with Gasteiger partial charge in [0.15, 0.2) is 9.84 Å². The van der Waals surface area contributed by atoms with Crippen LogP contribution in [0.15, 0.2) is 24.3 Å². The van der Waals surface area contributed by atoms with Gasteiger partial charge in [-0.25, -0.2) is 8.42 Å². The Bertz CT molecular complexity index is 561. The molecule has 6 heteroatoms. The molecule has 0 bridgehead atoms. The number of hydrogen-bond donors (Lipinski definition) is 2. The maximum absolute atomic E-state index is 11.7. The van der Waals surface area contributed by atoms with Gasteiger partial charge in [0.2, 0.25) is 0 Å². The summed E-state index contributed by atoms with van der Waals surface area (Å²) in [5, 5.41) is 9.01. The van der Waals surface area contributed by atoms with Crippen molar-refractivity contribution in [3.63, 3.8) is 0 Å². The van der Waals surface area contributed by atoms with E-state index in [1.165, 1.54) is 6.26 Å². The quantitative estimate of drug-likeness (QED) is 0.844. The van der Waals surface area contributed by atoms with Crippen molar-refractivity contribution in [1.29, 1.82) is 0 Å². The van der Waals surface area contributed by atoms with Crippen LogP contribution in [0.3, 0.4) is 0 Å².